The Morgan fingerprint density at radius 3 is 2.33 bits per heavy atom. The largest absolute Gasteiger partial charge is 0.468 e. The molecule has 0 aromatic carbocycles. The lowest BCUT2D eigenvalue weighted by molar-refractivity contribution is -0.146. The minimum atomic E-state index is -3.90. The summed E-state index contributed by atoms with van der Waals surface area (Å²) in [5.74, 6) is -0.515. The van der Waals surface area contributed by atoms with Crippen molar-refractivity contribution in [1.29, 1.82) is 0 Å². The van der Waals surface area contributed by atoms with Crippen molar-refractivity contribution in [3.8, 4) is 0 Å². The number of rotatable bonds is 4. The summed E-state index contributed by atoms with van der Waals surface area (Å²) in [7, 11) is -2.71. The Bertz CT molecular complexity index is 539. The van der Waals surface area contributed by atoms with Crippen molar-refractivity contribution in [2.75, 3.05) is 7.11 Å². The van der Waals surface area contributed by atoms with Gasteiger partial charge in [-0.3, -0.25) is 4.79 Å². The van der Waals surface area contributed by atoms with Crippen LogP contribution < -0.4 is 4.72 Å². The second-order valence-electron chi connectivity index (χ2n) is 4.38. The van der Waals surface area contributed by atoms with Gasteiger partial charge in [0.25, 0.3) is 0 Å². The molecular formula is C10H16N2O5S. The molecular weight excluding hydrogens is 260 g/mol. The van der Waals surface area contributed by atoms with Gasteiger partial charge < -0.3 is 9.26 Å². The Labute approximate surface area is 106 Å². The maximum Gasteiger partial charge on any atom is 0.326 e. The molecule has 0 atom stereocenters. The van der Waals surface area contributed by atoms with E-state index in [1.165, 1.54) is 34.8 Å². The summed E-state index contributed by atoms with van der Waals surface area (Å²) in [5, 5.41) is 3.57. The van der Waals surface area contributed by atoms with Crippen molar-refractivity contribution in [2.24, 2.45) is 0 Å². The van der Waals surface area contributed by atoms with Gasteiger partial charge in [0.2, 0.25) is 10.0 Å². The van der Waals surface area contributed by atoms with Crippen molar-refractivity contribution >= 4 is 16.0 Å². The highest BCUT2D eigenvalue weighted by Gasteiger charge is 2.36. The number of methoxy groups -OCH3 is 1. The highest BCUT2D eigenvalue weighted by atomic mass is 32.2. The van der Waals surface area contributed by atoms with E-state index in [1.807, 2.05) is 0 Å². The topological polar surface area (TPSA) is 98.5 Å². The Hall–Kier alpha value is -1.41. The van der Waals surface area contributed by atoms with Crippen LogP contribution in [-0.2, 0) is 19.6 Å². The van der Waals surface area contributed by atoms with E-state index in [4.69, 9.17) is 4.52 Å². The van der Waals surface area contributed by atoms with Gasteiger partial charge in [-0.25, -0.2) is 8.42 Å². The van der Waals surface area contributed by atoms with E-state index in [-0.39, 0.29) is 16.3 Å². The SMILES string of the molecule is COC(=O)C(C)(C)NS(=O)(=O)c1c(C)noc1C. The van der Waals surface area contributed by atoms with Gasteiger partial charge in [0, 0.05) is 0 Å². The third kappa shape index (κ3) is 2.70. The molecule has 0 bridgehead atoms. The maximum absolute atomic E-state index is 12.2. The number of aryl methyl sites for hydroxylation is 2. The molecule has 0 aliphatic rings. The standard InChI is InChI=1S/C10H16N2O5S/c1-6-8(7(2)17-11-6)18(14,15)12-10(3,4)9(13)16-5/h12H,1-5H3. The third-order valence-electron chi connectivity index (χ3n) is 2.32. The molecule has 0 radical (unpaired) electrons. The smallest absolute Gasteiger partial charge is 0.326 e. The van der Waals surface area contributed by atoms with E-state index in [2.05, 4.69) is 14.6 Å². The van der Waals surface area contributed by atoms with Crippen molar-refractivity contribution in [2.45, 2.75) is 38.1 Å². The first-order valence-electron chi connectivity index (χ1n) is 5.17. The minimum Gasteiger partial charge on any atom is -0.468 e. The molecule has 0 aliphatic heterocycles. The number of hydrogen-bond donors (Lipinski definition) is 1. The first kappa shape index (κ1) is 14.7. The predicted molar refractivity (Wildman–Crippen MR) is 62.4 cm³/mol. The van der Waals surface area contributed by atoms with Crippen LogP contribution in [-0.4, -0.2) is 32.2 Å². The number of nitrogens with one attached hydrogen (secondary N) is 1. The van der Waals surface area contributed by atoms with Crippen molar-refractivity contribution in [1.82, 2.24) is 9.88 Å². The molecule has 0 saturated carbocycles. The van der Waals surface area contributed by atoms with Crippen LogP contribution in [0.15, 0.2) is 9.42 Å². The van der Waals surface area contributed by atoms with Gasteiger partial charge in [-0.1, -0.05) is 5.16 Å². The lowest BCUT2D eigenvalue weighted by Crippen LogP contribution is -2.50. The number of ether oxygens (including phenoxy) is 1. The quantitative estimate of drug-likeness (QED) is 0.805. The van der Waals surface area contributed by atoms with Crippen LogP contribution in [0, 0.1) is 13.8 Å². The summed E-state index contributed by atoms with van der Waals surface area (Å²) in [4.78, 5) is 11.4. The average molecular weight is 276 g/mol. The summed E-state index contributed by atoms with van der Waals surface area (Å²) >= 11 is 0. The zero-order chi connectivity index (χ0) is 14.1. The summed E-state index contributed by atoms with van der Waals surface area (Å²) in [5.41, 5.74) is -1.13. The second-order valence-corrected chi connectivity index (χ2v) is 5.99. The minimum absolute atomic E-state index is 0.0560. The molecule has 8 heteroatoms. The van der Waals surface area contributed by atoms with Crippen LogP contribution in [0.2, 0.25) is 0 Å². The Balaban J connectivity index is 3.15. The lowest BCUT2D eigenvalue weighted by atomic mass is 10.1. The Kier molecular flexibility index (Phi) is 3.82. The fourth-order valence-corrected chi connectivity index (χ4v) is 3.24. The molecule has 0 saturated heterocycles. The fourth-order valence-electron chi connectivity index (χ4n) is 1.54. The number of hydrogen-bond acceptors (Lipinski definition) is 6. The molecule has 0 amide bonds. The van der Waals surface area contributed by atoms with E-state index >= 15 is 0 Å². The molecule has 1 aromatic rings. The maximum atomic E-state index is 12.2. The molecule has 7 nitrogen and oxygen atoms in total. The molecule has 1 heterocycles. The van der Waals surface area contributed by atoms with E-state index < -0.39 is 21.5 Å². The summed E-state index contributed by atoms with van der Waals surface area (Å²) < 4.78 is 35.9. The van der Waals surface area contributed by atoms with Gasteiger partial charge in [0.15, 0.2) is 5.76 Å². The van der Waals surface area contributed by atoms with Crippen LogP contribution in [0.25, 0.3) is 0 Å². The van der Waals surface area contributed by atoms with Gasteiger partial charge in [0.1, 0.15) is 16.1 Å². The molecule has 1 aromatic heterocycles. The normalized spacial score (nSPS) is 12.5. The van der Waals surface area contributed by atoms with Crippen molar-refractivity contribution in [3.05, 3.63) is 11.5 Å². The van der Waals surface area contributed by atoms with E-state index in [0.717, 1.165) is 0 Å². The summed E-state index contributed by atoms with van der Waals surface area (Å²) in [6.45, 7) is 5.82. The first-order chi connectivity index (χ1) is 8.12. The van der Waals surface area contributed by atoms with Crippen LogP contribution in [0.3, 0.4) is 0 Å². The predicted octanol–water partition coefficient (Wildman–Crippen LogP) is 0.521. The number of nitrogens with zero attached hydrogens (tertiary/aromatic N) is 1. The molecule has 0 fully saturated rings. The van der Waals surface area contributed by atoms with Gasteiger partial charge >= 0.3 is 5.97 Å². The highest BCUT2D eigenvalue weighted by Crippen LogP contribution is 2.21. The monoisotopic (exact) mass is 276 g/mol. The lowest BCUT2D eigenvalue weighted by Gasteiger charge is -2.22. The Morgan fingerprint density at radius 1 is 1.39 bits per heavy atom. The second kappa shape index (κ2) is 4.69. The summed E-state index contributed by atoms with van der Waals surface area (Å²) in [6.07, 6.45) is 0. The molecule has 18 heavy (non-hydrogen) atoms. The van der Waals surface area contributed by atoms with Gasteiger partial charge in [0.05, 0.1) is 7.11 Å². The molecule has 1 rings (SSSR count). The molecule has 1 N–H and O–H groups in total. The average Bonchev–Trinajstić information content (AvgIpc) is 2.56. The van der Waals surface area contributed by atoms with Crippen LogP contribution in [0.5, 0.6) is 0 Å². The summed E-state index contributed by atoms with van der Waals surface area (Å²) in [6, 6.07) is 0. The molecule has 0 spiro atoms. The van der Waals surface area contributed by atoms with Gasteiger partial charge in [-0.05, 0) is 27.7 Å². The van der Waals surface area contributed by atoms with Crippen LogP contribution >= 0.6 is 0 Å². The van der Waals surface area contributed by atoms with Crippen molar-refractivity contribution in [3.63, 3.8) is 0 Å². The van der Waals surface area contributed by atoms with Crippen molar-refractivity contribution < 1.29 is 22.5 Å². The third-order valence-corrected chi connectivity index (χ3v) is 4.22. The molecule has 102 valence electrons. The first-order valence-corrected chi connectivity index (χ1v) is 6.65. The number of carbonyl (C=O) groups excluding carboxylic acids is 1. The number of sulfonamides is 1. The number of aromatic nitrogens is 1. The zero-order valence-electron chi connectivity index (χ0n) is 10.9. The van der Waals surface area contributed by atoms with Crippen LogP contribution in [0.4, 0.5) is 0 Å². The molecule has 0 unspecified atom stereocenters. The Morgan fingerprint density at radius 2 is 1.94 bits per heavy atom. The van der Waals surface area contributed by atoms with Crippen LogP contribution in [0.1, 0.15) is 25.3 Å². The zero-order valence-corrected chi connectivity index (χ0v) is 11.7. The van der Waals surface area contributed by atoms with E-state index in [0.29, 0.717) is 0 Å². The van der Waals surface area contributed by atoms with Gasteiger partial charge in [-0.2, -0.15) is 4.72 Å². The fraction of sp³-hybridized carbons (Fsp3) is 0.600. The highest BCUT2D eigenvalue weighted by molar-refractivity contribution is 7.89. The number of carbonyl (C=O) groups is 1. The van der Waals surface area contributed by atoms with Gasteiger partial charge in [-0.15, -0.1) is 0 Å². The molecule has 0 aliphatic carbocycles. The van der Waals surface area contributed by atoms with E-state index in [9.17, 15) is 13.2 Å². The number of esters is 1. The van der Waals surface area contributed by atoms with E-state index in [1.54, 1.807) is 0 Å².